The van der Waals surface area contributed by atoms with Gasteiger partial charge >= 0.3 is 0 Å². The molecule has 0 amide bonds. The molecule has 2 aromatic rings. The van der Waals surface area contributed by atoms with Gasteiger partial charge in [-0.1, -0.05) is 23.2 Å². The van der Waals surface area contributed by atoms with Gasteiger partial charge in [0, 0.05) is 22.2 Å². The highest BCUT2D eigenvalue weighted by Crippen LogP contribution is 2.37. The van der Waals surface area contributed by atoms with Gasteiger partial charge in [-0.3, -0.25) is 0 Å². The summed E-state index contributed by atoms with van der Waals surface area (Å²) in [5, 5.41) is 4.67. The average molecular weight is 266 g/mol. The van der Waals surface area contributed by atoms with Gasteiger partial charge in [0.25, 0.3) is 0 Å². The van der Waals surface area contributed by atoms with Crippen LogP contribution in [0.2, 0.25) is 10.0 Å². The number of ether oxygens (including phenoxy) is 1. The van der Waals surface area contributed by atoms with Gasteiger partial charge in [-0.2, -0.15) is 0 Å². The molecule has 3 rings (SSSR count). The zero-order valence-corrected chi connectivity index (χ0v) is 10.3. The molecule has 0 atom stereocenters. The van der Waals surface area contributed by atoms with Crippen LogP contribution in [-0.2, 0) is 6.54 Å². The van der Waals surface area contributed by atoms with Gasteiger partial charge in [0.15, 0.2) is 5.75 Å². The van der Waals surface area contributed by atoms with Crippen LogP contribution >= 0.6 is 23.2 Å². The summed E-state index contributed by atoms with van der Waals surface area (Å²) in [5.41, 5.74) is 1.93. The first-order valence-electron chi connectivity index (χ1n) is 5.22. The lowest BCUT2D eigenvalue weighted by Crippen LogP contribution is -1.96. The zero-order chi connectivity index (χ0) is 11.8. The molecule has 1 N–H and O–H groups in total. The predicted octanol–water partition coefficient (Wildman–Crippen LogP) is 4.71. The topological polar surface area (TPSA) is 21.3 Å². The summed E-state index contributed by atoms with van der Waals surface area (Å²) in [4.78, 5) is 0. The predicted molar refractivity (Wildman–Crippen MR) is 70.3 cm³/mol. The maximum Gasteiger partial charge on any atom is 0.150 e. The van der Waals surface area contributed by atoms with Gasteiger partial charge in [-0.05, 0) is 36.4 Å². The molecular formula is C13H9Cl2NO. The van der Waals surface area contributed by atoms with Crippen molar-refractivity contribution >= 4 is 28.9 Å². The number of fused-ring (bicyclic) bond motifs is 2. The van der Waals surface area contributed by atoms with Crippen molar-refractivity contribution in [1.82, 2.24) is 0 Å². The van der Waals surface area contributed by atoms with Crippen LogP contribution in [-0.4, -0.2) is 0 Å². The van der Waals surface area contributed by atoms with E-state index in [1.807, 2.05) is 36.4 Å². The van der Waals surface area contributed by atoms with E-state index in [4.69, 9.17) is 27.9 Å². The molecule has 0 aliphatic carbocycles. The first-order valence-corrected chi connectivity index (χ1v) is 5.98. The summed E-state index contributed by atoms with van der Waals surface area (Å²) in [5.74, 6) is 1.60. The SMILES string of the molecule is Clc1ccc2c(c1)CNc1cc(Cl)ccc1O2. The van der Waals surface area contributed by atoms with Crippen molar-refractivity contribution < 1.29 is 4.74 Å². The van der Waals surface area contributed by atoms with Crippen LogP contribution < -0.4 is 10.1 Å². The van der Waals surface area contributed by atoms with Gasteiger partial charge < -0.3 is 10.1 Å². The smallest absolute Gasteiger partial charge is 0.150 e. The minimum Gasteiger partial charge on any atom is -0.455 e. The average Bonchev–Trinajstić information content (AvgIpc) is 2.48. The van der Waals surface area contributed by atoms with E-state index >= 15 is 0 Å². The highest BCUT2D eigenvalue weighted by atomic mass is 35.5. The Morgan fingerprint density at radius 2 is 1.65 bits per heavy atom. The Hall–Kier alpha value is -1.38. The molecule has 0 fully saturated rings. The molecule has 1 aliphatic rings. The Balaban J connectivity index is 2.07. The highest BCUT2D eigenvalue weighted by Gasteiger charge is 2.14. The van der Waals surface area contributed by atoms with Crippen LogP contribution in [0.4, 0.5) is 5.69 Å². The Kier molecular flexibility index (Phi) is 2.61. The third kappa shape index (κ3) is 2.06. The molecule has 1 aliphatic heterocycles. The van der Waals surface area contributed by atoms with Crippen molar-refractivity contribution in [2.45, 2.75) is 6.54 Å². The van der Waals surface area contributed by atoms with E-state index in [1.165, 1.54) is 0 Å². The Morgan fingerprint density at radius 1 is 0.941 bits per heavy atom. The molecule has 4 heteroatoms. The monoisotopic (exact) mass is 265 g/mol. The van der Waals surface area contributed by atoms with Crippen LogP contribution in [0, 0.1) is 0 Å². The van der Waals surface area contributed by atoms with Crippen molar-refractivity contribution in [1.29, 1.82) is 0 Å². The summed E-state index contributed by atoms with van der Waals surface area (Å²) < 4.78 is 5.83. The summed E-state index contributed by atoms with van der Waals surface area (Å²) >= 11 is 11.9. The van der Waals surface area contributed by atoms with E-state index in [-0.39, 0.29) is 0 Å². The number of hydrogen-bond acceptors (Lipinski definition) is 2. The molecule has 0 radical (unpaired) electrons. The normalized spacial score (nSPS) is 12.8. The zero-order valence-electron chi connectivity index (χ0n) is 8.84. The van der Waals surface area contributed by atoms with Crippen molar-refractivity contribution in [3.05, 3.63) is 52.0 Å². The van der Waals surface area contributed by atoms with Gasteiger partial charge in [-0.15, -0.1) is 0 Å². The highest BCUT2D eigenvalue weighted by molar-refractivity contribution is 6.31. The molecule has 1 heterocycles. The number of nitrogens with one attached hydrogen (secondary N) is 1. The maximum atomic E-state index is 5.96. The third-order valence-corrected chi connectivity index (χ3v) is 3.12. The second kappa shape index (κ2) is 4.13. The molecule has 2 nitrogen and oxygen atoms in total. The van der Waals surface area contributed by atoms with Crippen molar-refractivity contribution in [2.75, 3.05) is 5.32 Å². The van der Waals surface area contributed by atoms with E-state index in [2.05, 4.69) is 5.32 Å². The molecule has 0 saturated heterocycles. The molecule has 0 bridgehead atoms. The van der Waals surface area contributed by atoms with Gasteiger partial charge in [0.2, 0.25) is 0 Å². The molecule has 86 valence electrons. The molecule has 2 aromatic carbocycles. The maximum absolute atomic E-state index is 5.96. The van der Waals surface area contributed by atoms with Gasteiger partial charge in [-0.25, -0.2) is 0 Å². The lowest BCUT2D eigenvalue weighted by Gasteiger charge is -2.08. The number of hydrogen-bond donors (Lipinski definition) is 1. The Bertz CT molecular complexity index is 532. The molecule has 0 saturated carbocycles. The van der Waals surface area contributed by atoms with Crippen LogP contribution in [0.3, 0.4) is 0 Å². The number of halogens is 2. The molecule has 0 spiro atoms. The molecule has 0 unspecified atom stereocenters. The quantitative estimate of drug-likeness (QED) is 0.745. The molecule has 0 aromatic heterocycles. The first kappa shape index (κ1) is 10.8. The lowest BCUT2D eigenvalue weighted by atomic mass is 10.2. The fourth-order valence-corrected chi connectivity index (χ4v) is 2.19. The van der Waals surface area contributed by atoms with Crippen LogP contribution in [0.15, 0.2) is 36.4 Å². The fraction of sp³-hybridized carbons (Fsp3) is 0.0769. The van der Waals surface area contributed by atoms with Crippen LogP contribution in [0.25, 0.3) is 0 Å². The lowest BCUT2D eigenvalue weighted by molar-refractivity contribution is 0.484. The molecular weight excluding hydrogens is 257 g/mol. The van der Waals surface area contributed by atoms with Crippen molar-refractivity contribution in [3.8, 4) is 11.5 Å². The second-order valence-electron chi connectivity index (χ2n) is 3.85. The van der Waals surface area contributed by atoms with E-state index < -0.39 is 0 Å². The van der Waals surface area contributed by atoms with Gasteiger partial charge in [0.1, 0.15) is 5.75 Å². The summed E-state index contributed by atoms with van der Waals surface area (Å²) in [6.45, 7) is 0.670. The summed E-state index contributed by atoms with van der Waals surface area (Å²) in [7, 11) is 0. The minimum absolute atomic E-state index is 0.670. The van der Waals surface area contributed by atoms with E-state index in [1.54, 1.807) is 0 Å². The van der Waals surface area contributed by atoms with Crippen LogP contribution in [0.5, 0.6) is 11.5 Å². The number of benzene rings is 2. The van der Waals surface area contributed by atoms with E-state index in [0.29, 0.717) is 16.6 Å². The third-order valence-electron chi connectivity index (χ3n) is 2.65. The first-order chi connectivity index (χ1) is 8.22. The standard InChI is InChI=1S/C13H9Cl2NO/c14-9-1-3-12-8(5-9)7-16-11-6-10(15)2-4-13(11)17-12/h1-6,16H,7H2. The number of rotatable bonds is 0. The largest absolute Gasteiger partial charge is 0.455 e. The Labute approximate surface area is 109 Å². The van der Waals surface area contributed by atoms with Gasteiger partial charge in [0.05, 0.1) is 5.69 Å². The minimum atomic E-state index is 0.670. The number of anilines is 1. The second-order valence-corrected chi connectivity index (χ2v) is 4.72. The van der Waals surface area contributed by atoms with Crippen LogP contribution in [0.1, 0.15) is 5.56 Å². The molecule has 17 heavy (non-hydrogen) atoms. The van der Waals surface area contributed by atoms with E-state index in [0.717, 1.165) is 22.7 Å². The van der Waals surface area contributed by atoms with Crippen molar-refractivity contribution in [2.24, 2.45) is 0 Å². The fourth-order valence-electron chi connectivity index (χ4n) is 1.82. The van der Waals surface area contributed by atoms with Crippen molar-refractivity contribution in [3.63, 3.8) is 0 Å². The Morgan fingerprint density at radius 3 is 2.47 bits per heavy atom. The summed E-state index contributed by atoms with van der Waals surface area (Å²) in [6.07, 6.45) is 0. The summed E-state index contributed by atoms with van der Waals surface area (Å²) in [6, 6.07) is 11.1. The van der Waals surface area contributed by atoms with E-state index in [9.17, 15) is 0 Å².